The summed E-state index contributed by atoms with van der Waals surface area (Å²) >= 11 is 5.70. The molecule has 0 saturated carbocycles. The van der Waals surface area contributed by atoms with E-state index in [0.29, 0.717) is 11.2 Å². The number of hydrogen-bond acceptors (Lipinski definition) is 4. The lowest BCUT2D eigenvalue weighted by atomic mass is 10.3. The first-order chi connectivity index (χ1) is 7.27. The van der Waals surface area contributed by atoms with Crippen LogP contribution in [0.2, 0.25) is 5.15 Å². The molecule has 0 aromatic carbocycles. The molecule has 15 heavy (non-hydrogen) atoms. The molecular weight excluding hydrogens is 214 g/mol. The maximum absolute atomic E-state index is 5.70. The average Bonchev–Trinajstić information content (AvgIpc) is 2.44. The molecule has 2 rings (SSSR count). The molecule has 0 radical (unpaired) electrons. The minimum Gasteiger partial charge on any atom is -0.379 e. The molecule has 82 valence electrons. The molecular formula is C10H14ClN3O. The summed E-state index contributed by atoms with van der Waals surface area (Å²) in [4.78, 5) is 2.20. The van der Waals surface area contributed by atoms with E-state index in [9.17, 15) is 0 Å². The predicted molar refractivity (Wildman–Crippen MR) is 59.3 cm³/mol. The number of nitrogens with zero attached hydrogens (tertiary/aromatic N) is 3. The van der Waals surface area contributed by atoms with Gasteiger partial charge in [0.15, 0.2) is 11.0 Å². The van der Waals surface area contributed by atoms with E-state index >= 15 is 0 Å². The summed E-state index contributed by atoms with van der Waals surface area (Å²) in [5.41, 5.74) is 0. The van der Waals surface area contributed by atoms with Gasteiger partial charge >= 0.3 is 0 Å². The first kappa shape index (κ1) is 10.6. The van der Waals surface area contributed by atoms with Crippen LogP contribution in [0.4, 0.5) is 5.82 Å². The van der Waals surface area contributed by atoms with Crippen molar-refractivity contribution in [3.05, 3.63) is 17.3 Å². The Bertz CT molecular complexity index is 317. The minimum atomic E-state index is 0.336. The fraction of sp³-hybridized carbons (Fsp3) is 0.600. The van der Waals surface area contributed by atoms with Crippen molar-refractivity contribution >= 4 is 17.4 Å². The van der Waals surface area contributed by atoms with Gasteiger partial charge in [-0.05, 0) is 25.5 Å². The van der Waals surface area contributed by atoms with Gasteiger partial charge < -0.3 is 9.64 Å². The topological polar surface area (TPSA) is 38.2 Å². The fourth-order valence-electron chi connectivity index (χ4n) is 1.70. The summed E-state index contributed by atoms with van der Waals surface area (Å²) in [6.07, 6.45) is 1.02. The summed E-state index contributed by atoms with van der Waals surface area (Å²) in [5.74, 6) is 0.873. The number of ether oxygens (including phenoxy) is 1. The van der Waals surface area contributed by atoms with Gasteiger partial charge in [0, 0.05) is 13.2 Å². The monoisotopic (exact) mass is 227 g/mol. The second-order valence-electron chi connectivity index (χ2n) is 3.69. The van der Waals surface area contributed by atoms with Crippen LogP contribution in [-0.2, 0) is 4.74 Å². The zero-order valence-corrected chi connectivity index (χ0v) is 9.44. The summed E-state index contributed by atoms with van der Waals surface area (Å²) in [5, 5.41) is 8.36. The number of aromatic nitrogens is 2. The lowest BCUT2D eigenvalue weighted by Gasteiger charge is -2.26. The van der Waals surface area contributed by atoms with Crippen LogP contribution >= 0.6 is 11.6 Å². The molecule has 0 amide bonds. The van der Waals surface area contributed by atoms with Gasteiger partial charge in [0.1, 0.15) is 0 Å². The predicted octanol–water partition coefficient (Wildman–Crippen LogP) is 1.75. The van der Waals surface area contributed by atoms with Gasteiger partial charge in [0.2, 0.25) is 0 Å². The molecule has 1 fully saturated rings. The number of anilines is 1. The molecule has 0 bridgehead atoms. The van der Waals surface area contributed by atoms with Crippen molar-refractivity contribution in [1.29, 1.82) is 0 Å². The lowest BCUT2D eigenvalue weighted by molar-refractivity contribution is 0.137. The molecule has 0 N–H and O–H groups in total. The van der Waals surface area contributed by atoms with E-state index in [2.05, 4.69) is 22.0 Å². The molecule has 1 saturated heterocycles. The van der Waals surface area contributed by atoms with E-state index in [4.69, 9.17) is 16.3 Å². The molecule has 1 aromatic heterocycles. The standard InChI is InChI=1S/C10H14ClN3O/c1-8-7-15-6-2-5-14(8)10-4-3-9(11)12-13-10/h3-4,8H,2,5-7H2,1H3. The Labute approximate surface area is 94.2 Å². The maximum Gasteiger partial charge on any atom is 0.151 e. The molecule has 1 atom stereocenters. The quantitative estimate of drug-likeness (QED) is 0.733. The summed E-state index contributed by atoms with van der Waals surface area (Å²) in [6.45, 7) is 4.64. The number of halogens is 1. The minimum absolute atomic E-state index is 0.336. The molecule has 4 nitrogen and oxygen atoms in total. The Balaban J connectivity index is 2.16. The van der Waals surface area contributed by atoms with Gasteiger partial charge in [0.05, 0.1) is 12.6 Å². The lowest BCUT2D eigenvalue weighted by Crippen LogP contribution is -2.35. The van der Waals surface area contributed by atoms with Crippen LogP contribution in [-0.4, -0.2) is 36.0 Å². The molecule has 1 aliphatic heterocycles. The smallest absolute Gasteiger partial charge is 0.151 e. The Morgan fingerprint density at radius 3 is 3.07 bits per heavy atom. The van der Waals surface area contributed by atoms with Gasteiger partial charge in [-0.15, -0.1) is 10.2 Å². The second kappa shape index (κ2) is 4.77. The van der Waals surface area contributed by atoms with Gasteiger partial charge in [-0.2, -0.15) is 0 Å². The third-order valence-electron chi connectivity index (χ3n) is 2.49. The van der Waals surface area contributed by atoms with Gasteiger partial charge in [0.25, 0.3) is 0 Å². The highest BCUT2D eigenvalue weighted by atomic mass is 35.5. The van der Waals surface area contributed by atoms with Crippen molar-refractivity contribution in [3.63, 3.8) is 0 Å². The highest BCUT2D eigenvalue weighted by Gasteiger charge is 2.18. The molecule has 2 heterocycles. The summed E-state index contributed by atoms with van der Waals surface area (Å²) < 4.78 is 5.47. The van der Waals surface area contributed by atoms with Crippen LogP contribution in [0, 0.1) is 0 Å². The highest BCUT2D eigenvalue weighted by molar-refractivity contribution is 6.29. The van der Waals surface area contributed by atoms with E-state index in [1.165, 1.54) is 0 Å². The van der Waals surface area contributed by atoms with Crippen LogP contribution in [0.5, 0.6) is 0 Å². The van der Waals surface area contributed by atoms with Crippen molar-refractivity contribution in [1.82, 2.24) is 10.2 Å². The number of hydrogen-bond donors (Lipinski definition) is 0. The van der Waals surface area contributed by atoms with E-state index < -0.39 is 0 Å². The Kier molecular flexibility index (Phi) is 3.38. The zero-order valence-electron chi connectivity index (χ0n) is 8.69. The van der Waals surface area contributed by atoms with Crippen molar-refractivity contribution in [2.45, 2.75) is 19.4 Å². The maximum atomic E-state index is 5.70. The fourth-order valence-corrected chi connectivity index (χ4v) is 1.80. The zero-order chi connectivity index (χ0) is 10.7. The molecule has 1 aliphatic rings. The Morgan fingerprint density at radius 2 is 2.33 bits per heavy atom. The molecule has 0 aliphatic carbocycles. The van der Waals surface area contributed by atoms with Crippen molar-refractivity contribution in [2.75, 3.05) is 24.7 Å². The van der Waals surface area contributed by atoms with Crippen LogP contribution in [0.3, 0.4) is 0 Å². The summed E-state index contributed by atoms with van der Waals surface area (Å²) in [7, 11) is 0. The number of rotatable bonds is 1. The third kappa shape index (κ3) is 2.58. The largest absolute Gasteiger partial charge is 0.379 e. The molecule has 5 heteroatoms. The Morgan fingerprint density at radius 1 is 1.47 bits per heavy atom. The van der Waals surface area contributed by atoms with Gasteiger partial charge in [-0.3, -0.25) is 0 Å². The van der Waals surface area contributed by atoms with Crippen molar-refractivity contribution < 1.29 is 4.74 Å². The van der Waals surface area contributed by atoms with E-state index in [-0.39, 0.29) is 0 Å². The normalized spacial score (nSPS) is 22.5. The van der Waals surface area contributed by atoms with Crippen molar-refractivity contribution in [3.8, 4) is 0 Å². The molecule has 1 unspecified atom stereocenters. The van der Waals surface area contributed by atoms with Crippen LogP contribution in [0.15, 0.2) is 12.1 Å². The molecule has 1 aromatic rings. The first-order valence-corrected chi connectivity index (χ1v) is 5.49. The SMILES string of the molecule is CC1COCCCN1c1ccc(Cl)nn1. The van der Waals surface area contributed by atoms with E-state index in [1.807, 2.05) is 6.07 Å². The average molecular weight is 228 g/mol. The van der Waals surface area contributed by atoms with Gasteiger partial charge in [-0.25, -0.2) is 0 Å². The van der Waals surface area contributed by atoms with Gasteiger partial charge in [-0.1, -0.05) is 11.6 Å². The van der Waals surface area contributed by atoms with Crippen LogP contribution in [0.25, 0.3) is 0 Å². The molecule has 0 spiro atoms. The third-order valence-corrected chi connectivity index (χ3v) is 2.69. The van der Waals surface area contributed by atoms with E-state index in [1.54, 1.807) is 6.07 Å². The first-order valence-electron chi connectivity index (χ1n) is 5.11. The van der Waals surface area contributed by atoms with Crippen LogP contribution < -0.4 is 4.90 Å². The van der Waals surface area contributed by atoms with E-state index in [0.717, 1.165) is 32.0 Å². The highest BCUT2D eigenvalue weighted by Crippen LogP contribution is 2.17. The Hall–Kier alpha value is -0.870. The summed E-state index contributed by atoms with van der Waals surface area (Å²) in [6, 6.07) is 4.00. The van der Waals surface area contributed by atoms with Crippen molar-refractivity contribution in [2.24, 2.45) is 0 Å². The van der Waals surface area contributed by atoms with Crippen LogP contribution in [0.1, 0.15) is 13.3 Å². The second-order valence-corrected chi connectivity index (χ2v) is 4.07.